The van der Waals surface area contributed by atoms with E-state index in [4.69, 9.17) is 26.4 Å². The van der Waals surface area contributed by atoms with Crippen LogP contribution in [0.4, 0.5) is 5.82 Å². The van der Waals surface area contributed by atoms with Crippen molar-refractivity contribution < 1.29 is 14.2 Å². The molecule has 0 amide bonds. The van der Waals surface area contributed by atoms with Gasteiger partial charge in [-0.2, -0.15) is 5.26 Å². The summed E-state index contributed by atoms with van der Waals surface area (Å²) in [5.74, 6) is 1.00. The van der Waals surface area contributed by atoms with E-state index in [9.17, 15) is 5.26 Å². The smallest absolute Gasteiger partial charge is 0.123 e. The highest BCUT2D eigenvalue weighted by molar-refractivity contribution is 7.71. The fourth-order valence-corrected chi connectivity index (χ4v) is 3.41. The highest BCUT2D eigenvalue weighted by Crippen LogP contribution is 2.29. The first-order chi connectivity index (χ1) is 12.3. The molecule has 26 heavy (non-hydrogen) atoms. The zero-order valence-corrected chi connectivity index (χ0v) is 15.1. The molecule has 2 fully saturated rings. The minimum Gasteiger partial charge on any atom is -0.379 e. The molecule has 0 radical (unpaired) electrons. The number of nitriles is 1. The molecule has 0 aromatic carbocycles. The predicted octanol–water partition coefficient (Wildman–Crippen LogP) is 1.77. The van der Waals surface area contributed by atoms with Crippen LogP contribution in [-0.2, 0) is 27.2 Å². The van der Waals surface area contributed by atoms with Gasteiger partial charge in [-0.1, -0.05) is 19.6 Å². The maximum atomic E-state index is 9.26. The summed E-state index contributed by atoms with van der Waals surface area (Å²) in [4.78, 5) is 5.44. The normalized spacial score (nSPS) is 19.3. The minimum atomic E-state index is 0. The summed E-state index contributed by atoms with van der Waals surface area (Å²) in [5, 5.41) is 12.4. The highest BCUT2D eigenvalue weighted by Gasteiger charge is 2.23. The lowest BCUT2D eigenvalue weighted by Crippen LogP contribution is -2.38. The van der Waals surface area contributed by atoms with Gasteiger partial charge in [-0.05, 0) is 12.0 Å². The monoisotopic (exact) mass is 380 g/mol. The second kappa shape index (κ2) is 10.6. The van der Waals surface area contributed by atoms with E-state index in [1.165, 1.54) is 0 Å². The van der Waals surface area contributed by atoms with Gasteiger partial charge < -0.3 is 29.4 Å². The first-order valence-electron chi connectivity index (χ1n) is 8.68. The first kappa shape index (κ1) is 20.8. The maximum absolute atomic E-state index is 9.26. The average molecular weight is 381 g/mol. The van der Waals surface area contributed by atoms with Crippen LogP contribution >= 0.6 is 12.2 Å². The molecule has 7 nitrogen and oxygen atoms in total. The van der Waals surface area contributed by atoms with Crippen LogP contribution in [-0.4, -0.2) is 64.2 Å². The van der Waals surface area contributed by atoms with Crippen LogP contribution in [0, 0.1) is 16.0 Å². The number of hydrogen-bond acceptors (Lipinski definition) is 7. The van der Waals surface area contributed by atoms with Gasteiger partial charge in [0.2, 0.25) is 0 Å². The van der Waals surface area contributed by atoms with Crippen LogP contribution in [0.1, 0.15) is 24.1 Å². The second-order valence-electron chi connectivity index (χ2n) is 6.01. The number of ether oxygens (including phenoxy) is 3. The Labute approximate surface area is 160 Å². The molecule has 144 valence electrons. The number of aromatic nitrogens is 1. The third kappa shape index (κ3) is 5.02. The number of morpholine rings is 2. The molecule has 3 aliphatic heterocycles. The van der Waals surface area contributed by atoms with Crippen LogP contribution in [0.3, 0.4) is 0 Å². The Hall–Kier alpha value is -1.50. The molecule has 0 spiro atoms. The van der Waals surface area contributed by atoms with Crippen LogP contribution in [0.2, 0.25) is 0 Å². The van der Waals surface area contributed by atoms with Gasteiger partial charge in [-0.25, -0.2) is 0 Å². The minimum absolute atomic E-state index is 0. The van der Waals surface area contributed by atoms with Crippen molar-refractivity contribution in [2.75, 3.05) is 64.1 Å². The molecule has 2 saturated heterocycles. The molecule has 0 saturated carbocycles. The van der Waals surface area contributed by atoms with E-state index in [1.807, 2.05) is 0 Å². The van der Waals surface area contributed by atoms with Crippen LogP contribution in [0.5, 0.6) is 0 Å². The third-order valence-corrected chi connectivity index (χ3v) is 4.75. The Morgan fingerprint density at radius 1 is 0.962 bits per heavy atom. The van der Waals surface area contributed by atoms with E-state index < -0.39 is 0 Å². The van der Waals surface area contributed by atoms with E-state index in [1.54, 1.807) is 0 Å². The van der Waals surface area contributed by atoms with Gasteiger partial charge in [-0.15, -0.1) is 0 Å². The van der Waals surface area contributed by atoms with E-state index >= 15 is 0 Å². The van der Waals surface area contributed by atoms with Gasteiger partial charge in [0.05, 0.1) is 45.2 Å². The van der Waals surface area contributed by atoms with Crippen LogP contribution < -0.4 is 10.2 Å². The molecular formula is C18H28N4O3S. The van der Waals surface area contributed by atoms with E-state index in [0.29, 0.717) is 23.4 Å². The van der Waals surface area contributed by atoms with Gasteiger partial charge in [0.15, 0.2) is 0 Å². The summed E-state index contributed by atoms with van der Waals surface area (Å²) in [5.41, 5.74) is 2.74. The summed E-state index contributed by atoms with van der Waals surface area (Å²) < 4.78 is 16.5. The van der Waals surface area contributed by atoms with E-state index in [2.05, 4.69) is 21.3 Å². The molecule has 2 N–H and O–H groups in total. The van der Waals surface area contributed by atoms with E-state index in [0.717, 1.165) is 76.0 Å². The summed E-state index contributed by atoms with van der Waals surface area (Å²) in [6.45, 7) is 8.14. The molecule has 4 rings (SSSR count). The van der Waals surface area contributed by atoms with E-state index in [-0.39, 0.29) is 7.43 Å². The Bertz CT molecular complexity index is 665. The third-order valence-electron chi connectivity index (χ3n) is 4.44. The quantitative estimate of drug-likeness (QED) is 0.719. The average Bonchev–Trinajstić information content (AvgIpc) is 2.70. The van der Waals surface area contributed by atoms with Crippen molar-refractivity contribution in [2.24, 2.45) is 0 Å². The van der Waals surface area contributed by atoms with Crippen LogP contribution in [0.15, 0.2) is 0 Å². The molecule has 0 aliphatic carbocycles. The fraction of sp³-hybridized carbons (Fsp3) is 0.667. The number of hydrogen-bond donors (Lipinski definition) is 2. The Kier molecular flexibility index (Phi) is 8.48. The molecule has 8 heteroatoms. The number of pyridine rings is 1. The first-order valence-corrected chi connectivity index (χ1v) is 9.09. The zero-order chi connectivity index (χ0) is 17.5. The number of nitrogens with zero attached hydrogens (tertiary/aromatic N) is 2. The topological polar surface area (TPSA) is 82.5 Å². The standard InChI is InChI=1S/C13H15N3O2S.C4H9NO.CH4/c14-7-10-9-1-4-18-8-11(9)12(15-13(10)19)16-2-5-17-6-3-16;1-3-6-4-2-5-1;/h1-6,8H2,(H,15,19);5H,1-4H2;1H4. The Balaban J connectivity index is 0.000000297. The molecule has 1 aromatic rings. The lowest BCUT2D eigenvalue weighted by molar-refractivity contribution is 0.108. The van der Waals surface area contributed by atoms with Gasteiger partial charge >= 0.3 is 0 Å². The van der Waals surface area contributed by atoms with Gasteiger partial charge in [0, 0.05) is 31.7 Å². The number of aromatic amines is 1. The number of rotatable bonds is 1. The largest absolute Gasteiger partial charge is 0.379 e. The highest BCUT2D eigenvalue weighted by atomic mass is 32.1. The zero-order valence-electron chi connectivity index (χ0n) is 14.3. The Morgan fingerprint density at radius 3 is 2.23 bits per heavy atom. The molecule has 4 heterocycles. The SMILES string of the molecule is C.C1COCCN1.N#Cc1c2c(c(N3CCOCC3)[nH]c1=S)COCC2. The molecule has 0 atom stereocenters. The van der Waals surface area contributed by atoms with Crippen molar-refractivity contribution in [3.8, 4) is 6.07 Å². The maximum Gasteiger partial charge on any atom is 0.123 e. The number of H-pyrrole nitrogens is 1. The van der Waals surface area contributed by atoms with Crippen molar-refractivity contribution in [1.29, 1.82) is 5.26 Å². The summed E-state index contributed by atoms with van der Waals surface area (Å²) in [7, 11) is 0. The van der Waals surface area contributed by atoms with Crippen molar-refractivity contribution in [1.82, 2.24) is 10.3 Å². The fourth-order valence-electron chi connectivity index (χ4n) is 3.15. The Morgan fingerprint density at radius 2 is 1.65 bits per heavy atom. The lowest BCUT2D eigenvalue weighted by Gasteiger charge is -2.32. The molecule has 1 aromatic heterocycles. The number of fused-ring (bicyclic) bond motifs is 1. The molecule has 3 aliphatic rings. The van der Waals surface area contributed by atoms with Crippen molar-refractivity contribution in [3.63, 3.8) is 0 Å². The van der Waals surface area contributed by atoms with Gasteiger partial charge in [-0.3, -0.25) is 0 Å². The molecule has 0 unspecified atom stereocenters. The second-order valence-corrected chi connectivity index (χ2v) is 6.42. The van der Waals surface area contributed by atoms with Crippen molar-refractivity contribution in [3.05, 3.63) is 21.3 Å². The van der Waals surface area contributed by atoms with Crippen LogP contribution in [0.25, 0.3) is 0 Å². The summed E-state index contributed by atoms with van der Waals surface area (Å²) >= 11 is 5.32. The predicted molar refractivity (Wildman–Crippen MR) is 103 cm³/mol. The molecular weight excluding hydrogens is 352 g/mol. The van der Waals surface area contributed by atoms with Gasteiger partial charge in [0.25, 0.3) is 0 Å². The van der Waals surface area contributed by atoms with Gasteiger partial charge in [0.1, 0.15) is 16.5 Å². The lowest BCUT2D eigenvalue weighted by atomic mass is 9.99. The number of nitrogens with one attached hydrogen (secondary N) is 2. The van der Waals surface area contributed by atoms with Crippen molar-refractivity contribution >= 4 is 18.0 Å². The summed E-state index contributed by atoms with van der Waals surface area (Å²) in [6, 6.07) is 2.22. The number of anilines is 1. The van der Waals surface area contributed by atoms with Crippen molar-refractivity contribution in [2.45, 2.75) is 20.5 Å². The summed E-state index contributed by atoms with van der Waals surface area (Å²) in [6.07, 6.45) is 0.758. The molecule has 0 bridgehead atoms.